The fourth-order valence-corrected chi connectivity index (χ4v) is 2.32. The number of methoxy groups -OCH3 is 1. The summed E-state index contributed by atoms with van der Waals surface area (Å²) in [5.74, 6) is 0.0551. The van der Waals surface area contributed by atoms with Crippen molar-refractivity contribution in [2.45, 2.75) is 51.6 Å². The standard InChI is InChI=1S/C12H24N2O2/c1-11(2,8-16-4)14-10(15)12(3)7-5-6-9(12)13/h9H,5-8,13H2,1-4H3,(H,14,15). The highest BCUT2D eigenvalue weighted by atomic mass is 16.5. The Labute approximate surface area is 97.9 Å². The first-order chi connectivity index (χ1) is 7.32. The van der Waals surface area contributed by atoms with Crippen molar-refractivity contribution < 1.29 is 9.53 Å². The Balaban J connectivity index is 2.64. The molecule has 0 aromatic carbocycles. The zero-order valence-corrected chi connectivity index (χ0v) is 10.8. The average Bonchev–Trinajstić information content (AvgIpc) is 2.47. The SMILES string of the molecule is COCC(C)(C)NC(=O)C1(C)CCCC1N. The third-order valence-electron chi connectivity index (χ3n) is 3.51. The van der Waals surface area contributed by atoms with Gasteiger partial charge in [-0.15, -0.1) is 0 Å². The number of rotatable bonds is 4. The normalized spacial score (nSPS) is 30.4. The molecular weight excluding hydrogens is 204 g/mol. The Kier molecular flexibility index (Phi) is 3.97. The van der Waals surface area contributed by atoms with Crippen LogP contribution >= 0.6 is 0 Å². The van der Waals surface area contributed by atoms with Gasteiger partial charge in [-0.2, -0.15) is 0 Å². The summed E-state index contributed by atoms with van der Waals surface area (Å²) in [5.41, 5.74) is 5.27. The van der Waals surface area contributed by atoms with Gasteiger partial charge in [0.25, 0.3) is 0 Å². The van der Waals surface area contributed by atoms with E-state index in [1.165, 1.54) is 0 Å². The van der Waals surface area contributed by atoms with Crippen molar-refractivity contribution in [3.63, 3.8) is 0 Å². The molecule has 3 N–H and O–H groups in total. The first-order valence-electron chi connectivity index (χ1n) is 5.89. The molecular formula is C12H24N2O2. The maximum absolute atomic E-state index is 12.2. The van der Waals surface area contributed by atoms with E-state index >= 15 is 0 Å². The Morgan fingerprint density at radius 3 is 2.69 bits per heavy atom. The number of hydrogen-bond acceptors (Lipinski definition) is 3. The van der Waals surface area contributed by atoms with Crippen LogP contribution in [0.25, 0.3) is 0 Å². The van der Waals surface area contributed by atoms with Crippen LogP contribution in [0.4, 0.5) is 0 Å². The molecule has 0 aromatic heterocycles. The van der Waals surface area contributed by atoms with Gasteiger partial charge in [0.15, 0.2) is 0 Å². The van der Waals surface area contributed by atoms with Crippen molar-refractivity contribution in [1.29, 1.82) is 0 Å². The Morgan fingerprint density at radius 1 is 1.62 bits per heavy atom. The van der Waals surface area contributed by atoms with E-state index in [1.807, 2.05) is 20.8 Å². The molecule has 0 radical (unpaired) electrons. The van der Waals surface area contributed by atoms with Gasteiger partial charge in [-0.3, -0.25) is 4.79 Å². The predicted octanol–water partition coefficient (Wildman–Crippen LogP) is 1.05. The molecule has 0 spiro atoms. The Morgan fingerprint density at radius 2 is 2.25 bits per heavy atom. The largest absolute Gasteiger partial charge is 0.382 e. The minimum atomic E-state index is -0.412. The van der Waals surface area contributed by atoms with Crippen LogP contribution in [0.5, 0.6) is 0 Å². The summed E-state index contributed by atoms with van der Waals surface area (Å²) in [5, 5.41) is 3.03. The maximum atomic E-state index is 12.2. The molecule has 16 heavy (non-hydrogen) atoms. The van der Waals surface area contributed by atoms with Crippen LogP contribution in [0, 0.1) is 5.41 Å². The van der Waals surface area contributed by atoms with Gasteiger partial charge in [-0.25, -0.2) is 0 Å². The van der Waals surface area contributed by atoms with Crippen molar-refractivity contribution in [2.24, 2.45) is 11.1 Å². The van der Waals surface area contributed by atoms with Crippen LogP contribution in [0.1, 0.15) is 40.0 Å². The lowest BCUT2D eigenvalue weighted by molar-refractivity contribution is -0.132. The molecule has 1 fully saturated rings. The fraction of sp³-hybridized carbons (Fsp3) is 0.917. The smallest absolute Gasteiger partial charge is 0.227 e. The molecule has 1 saturated carbocycles. The highest BCUT2D eigenvalue weighted by Gasteiger charge is 2.44. The van der Waals surface area contributed by atoms with Gasteiger partial charge in [-0.1, -0.05) is 6.42 Å². The zero-order valence-electron chi connectivity index (χ0n) is 10.8. The summed E-state index contributed by atoms with van der Waals surface area (Å²) in [7, 11) is 1.64. The van der Waals surface area contributed by atoms with Crippen molar-refractivity contribution >= 4 is 5.91 Å². The van der Waals surface area contributed by atoms with Crippen LogP contribution in [0.2, 0.25) is 0 Å². The third-order valence-corrected chi connectivity index (χ3v) is 3.51. The summed E-state index contributed by atoms with van der Waals surface area (Å²) in [4.78, 5) is 12.2. The van der Waals surface area contributed by atoms with Gasteiger partial charge < -0.3 is 15.8 Å². The molecule has 2 unspecified atom stereocenters. The number of hydrogen-bond donors (Lipinski definition) is 2. The monoisotopic (exact) mass is 228 g/mol. The van der Waals surface area contributed by atoms with Gasteiger partial charge in [0.05, 0.1) is 17.6 Å². The number of nitrogens with two attached hydrogens (primary N) is 1. The van der Waals surface area contributed by atoms with Crippen LogP contribution in [-0.4, -0.2) is 31.2 Å². The lowest BCUT2D eigenvalue weighted by Crippen LogP contribution is -2.55. The predicted molar refractivity (Wildman–Crippen MR) is 64.0 cm³/mol. The molecule has 4 heteroatoms. The molecule has 1 amide bonds. The van der Waals surface area contributed by atoms with Crippen molar-refractivity contribution in [3.8, 4) is 0 Å². The molecule has 0 saturated heterocycles. The van der Waals surface area contributed by atoms with Crippen molar-refractivity contribution in [2.75, 3.05) is 13.7 Å². The number of carbonyl (C=O) groups excluding carboxylic acids is 1. The van der Waals surface area contributed by atoms with Crippen LogP contribution in [0.3, 0.4) is 0 Å². The van der Waals surface area contributed by atoms with E-state index in [2.05, 4.69) is 5.32 Å². The second-order valence-electron chi connectivity index (χ2n) is 5.69. The molecule has 94 valence electrons. The molecule has 2 atom stereocenters. The summed E-state index contributed by atoms with van der Waals surface area (Å²) in [6.45, 7) is 6.38. The maximum Gasteiger partial charge on any atom is 0.227 e. The second-order valence-corrected chi connectivity index (χ2v) is 5.69. The minimum Gasteiger partial charge on any atom is -0.382 e. The van der Waals surface area contributed by atoms with E-state index in [1.54, 1.807) is 7.11 Å². The van der Waals surface area contributed by atoms with Crippen LogP contribution < -0.4 is 11.1 Å². The van der Waals surface area contributed by atoms with E-state index in [0.717, 1.165) is 19.3 Å². The summed E-state index contributed by atoms with van der Waals surface area (Å²) in [6, 6.07) is -0.0224. The lowest BCUT2D eigenvalue weighted by Gasteiger charge is -2.33. The molecule has 0 heterocycles. The summed E-state index contributed by atoms with van der Waals surface area (Å²) < 4.78 is 5.08. The molecule has 1 aliphatic carbocycles. The number of nitrogens with one attached hydrogen (secondary N) is 1. The summed E-state index contributed by atoms with van der Waals surface area (Å²) >= 11 is 0. The van der Waals surface area contributed by atoms with Gasteiger partial charge in [0.2, 0.25) is 5.91 Å². The topological polar surface area (TPSA) is 64.3 Å². The highest BCUT2D eigenvalue weighted by Crippen LogP contribution is 2.37. The van der Waals surface area contributed by atoms with E-state index in [9.17, 15) is 4.79 Å². The highest BCUT2D eigenvalue weighted by molar-refractivity contribution is 5.84. The quantitative estimate of drug-likeness (QED) is 0.756. The van der Waals surface area contributed by atoms with Gasteiger partial charge in [0.1, 0.15) is 0 Å². The molecule has 4 nitrogen and oxygen atoms in total. The molecule has 0 aliphatic heterocycles. The minimum absolute atomic E-state index is 0.0224. The summed E-state index contributed by atoms with van der Waals surface area (Å²) in [6.07, 6.45) is 2.85. The molecule has 0 bridgehead atoms. The number of ether oxygens (including phenoxy) is 1. The van der Waals surface area contributed by atoms with Crippen LogP contribution in [0.15, 0.2) is 0 Å². The van der Waals surface area contributed by atoms with Crippen LogP contribution in [-0.2, 0) is 9.53 Å². The van der Waals surface area contributed by atoms with E-state index in [4.69, 9.17) is 10.5 Å². The zero-order chi connectivity index (χ0) is 12.4. The first kappa shape index (κ1) is 13.5. The van der Waals surface area contributed by atoms with E-state index in [-0.39, 0.29) is 17.5 Å². The lowest BCUT2D eigenvalue weighted by atomic mass is 9.83. The van der Waals surface area contributed by atoms with Gasteiger partial charge >= 0.3 is 0 Å². The Hall–Kier alpha value is -0.610. The molecule has 0 aromatic rings. The number of amides is 1. The van der Waals surface area contributed by atoms with Crippen molar-refractivity contribution in [3.05, 3.63) is 0 Å². The van der Waals surface area contributed by atoms with Crippen molar-refractivity contribution in [1.82, 2.24) is 5.32 Å². The molecule has 1 rings (SSSR count). The second kappa shape index (κ2) is 4.72. The van der Waals surface area contributed by atoms with E-state index < -0.39 is 5.41 Å². The van der Waals surface area contributed by atoms with Gasteiger partial charge in [-0.05, 0) is 33.6 Å². The third kappa shape index (κ3) is 2.74. The van der Waals surface area contributed by atoms with Gasteiger partial charge in [0, 0.05) is 13.2 Å². The first-order valence-corrected chi connectivity index (χ1v) is 5.89. The molecule has 1 aliphatic rings. The average molecular weight is 228 g/mol. The van der Waals surface area contributed by atoms with E-state index in [0.29, 0.717) is 6.61 Å². The Bertz CT molecular complexity index is 266. The number of carbonyl (C=O) groups is 1. The fourth-order valence-electron chi connectivity index (χ4n) is 2.32.